The lowest BCUT2D eigenvalue weighted by Crippen LogP contribution is -2.47. The third-order valence-electron chi connectivity index (χ3n) is 5.48. The summed E-state index contributed by atoms with van der Waals surface area (Å²) in [6.45, 7) is 0.973. The van der Waals surface area contributed by atoms with Gasteiger partial charge in [-0.05, 0) is 25.0 Å². The zero-order valence-corrected chi connectivity index (χ0v) is 15.4. The van der Waals surface area contributed by atoms with Crippen molar-refractivity contribution in [1.82, 2.24) is 24.7 Å². The molecule has 29 heavy (non-hydrogen) atoms. The predicted octanol–water partition coefficient (Wildman–Crippen LogP) is 2.62. The summed E-state index contributed by atoms with van der Waals surface area (Å²) < 4.78 is 66.3. The van der Waals surface area contributed by atoms with Crippen molar-refractivity contribution < 1.29 is 26.7 Å². The smallest absolute Gasteiger partial charge is 0.355 e. The van der Waals surface area contributed by atoms with E-state index in [9.17, 15) is 26.7 Å². The minimum absolute atomic E-state index is 0.00645. The Bertz CT molecular complexity index is 895. The van der Waals surface area contributed by atoms with Crippen LogP contribution in [-0.4, -0.2) is 62.7 Å². The SMILES string of the molecule is O=C(C1CCN(c2ccc3nnc(C(F)(F)F)n3n2)CC1)N1CCC(F)(F)CC1. The van der Waals surface area contributed by atoms with Crippen LogP contribution in [0.2, 0.25) is 0 Å². The Morgan fingerprint density at radius 2 is 1.69 bits per heavy atom. The average Bonchev–Trinajstić information content (AvgIpc) is 3.11. The molecule has 0 N–H and O–H groups in total. The van der Waals surface area contributed by atoms with Crippen LogP contribution in [-0.2, 0) is 11.0 Å². The molecule has 2 aliphatic rings. The van der Waals surface area contributed by atoms with E-state index in [-0.39, 0.29) is 43.4 Å². The molecular weight excluding hydrogens is 399 g/mol. The first kappa shape index (κ1) is 19.8. The van der Waals surface area contributed by atoms with Gasteiger partial charge in [0.05, 0.1) is 0 Å². The summed E-state index contributed by atoms with van der Waals surface area (Å²) >= 11 is 0. The molecule has 0 bridgehead atoms. The van der Waals surface area contributed by atoms with Gasteiger partial charge in [0.1, 0.15) is 5.82 Å². The number of carbonyl (C=O) groups excluding carboxylic acids is 1. The summed E-state index contributed by atoms with van der Waals surface area (Å²) in [6.07, 6.45) is -4.33. The van der Waals surface area contributed by atoms with E-state index in [0.717, 1.165) is 0 Å². The van der Waals surface area contributed by atoms with Gasteiger partial charge in [-0.3, -0.25) is 4.79 Å². The second-order valence-corrected chi connectivity index (χ2v) is 7.43. The van der Waals surface area contributed by atoms with Gasteiger partial charge in [0, 0.05) is 44.9 Å². The van der Waals surface area contributed by atoms with Crippen LogP contribution in [0.5, 0.6) is 0 Å². The van der Waals surface area contributed by atoms with Crippen molar-refractivity contribution in [3.05, 3.63) is 18.0 Å². The Morgan fingerprint density at radius 3 is 2.31 bits per heavy atom. The fourth-order valence-corrected chi connectivity index (χ4v) is 3.79. The van der Waals surface area contributed by atoms with Crippen molar-refractivity contribution in [2.24, 2.45) is 5.92 Å². The fourth-order valence-electron chi connectivity index (χ4n) is 3.79. The van der Waals surface area contributed by atoms with Crippen molar-refractivity contribution in [2.45, 2.75) is 37.8 Å². The Labute approximate surface area is 162 Å². The molecule has 0 radical (unpaired) electrons. The van der Waals surface area contributed by atoms with Crippen molar-refractivity contribution in [1.29, 1.82) is 0 Å². The molecule has 0 atom stereocenters. The number of piperidine rings is 2. The highest BCUT2D eigenvalue weighted by atomic mass is 19.4. The molecule has 4 rings (SSSR count). The van der Waals surface area contributed by atoms with Crippen LogP contribution in [0.3, 0.4) is 0 Å². The highest BCUT2D eigenvalue weighted by Crippen LogP contribution is 2.31. The number of hydrogen-bond donors (Lipinski definition) is 0. The van der Waals surface area contributed by atoms with Gasteiger partial charge < -0.3 is 9.80 Å². The fraction of sp³-hybridized carbons (Fsp3) is 0.647. The van der Waals surface area contributed by atoms with Crippen molar-refractivity contribution in [3.8, 4) is 0 Å². The molecule has 0 aliphatic carbocycles. The molecule has 2 fully saturated rings. The Hall–Kier alpha value is -2.53. The van der Waals surface area contributed by atoms with E-state index in [0.29, 0.717) is 36.3 Å². The standard InChI is InChI=1S/C17H19F5N6O/c18-16(19)5-9-27(10-6-16)14(29)11-3-7-26(8-4-11)13-2-1-12-23-24-15(17(20,21)22)28(12)25-13/h1-2,11H,3-10H2. The van der Waals surface area contributed by atoms with Gasteiger partial charge in [0.15, 0.2) is 5.65 Å². The predicted molar refractivity (Wildman–Crippen MR) is 91.5 cm³/mol. The number of hydrogen-bond acceptors (Lipinski definition) is 5. The van der Waals surface area contributed by atoms with E-state index < -0.39 is 17.9 Å². The largest absolute Gasteiger partial charge is 0.453 e. The van der Waals surface area contributed by atoms with Gasteiger partial charge in [-0.1, -0.05) is 0 Å². The number of alkyl halides is 5. The molecule has 0 unspecified atom stereocenters. The summed E-state index contributed by atoms with van der Waals surface area (Å²) in [5, 5.41) is 10.7. The third-order valence-corrected chi connectivity index (χ3v) is 5.48. The van der Waals surface area contributed by atoms with Crippen LogP contribution < -0.4 is 4.90 Å². The summed E-state index contributed by atoms with van der Waals surface area (Å²) in [6, 6.07) is 2.98. The number of nitrogens with zero attached hydrogens (tertiary/aromatic N) is 6. The van der Waals surface area contributed by atoms with Crippen molar-refractivity contribution in [2.75, 3.05) is 31.1 Å². The highest BCUT2D eigenvalue weighted by molar-refractivity contribution is 5.79. The summed E-state index contributed by atoms with van der Waals surface area (Å²) in [5.41, 5.74) is -0.00645. The van der Waals surface area contributed by atoms with E-state index in [1.165, 1.54) is 11.0 Å². The van der Waals surface area contributed by atoms with Gasteiger partial charge in [-0.25, -0.2) is 8.78 Å². The Balaban J connectivity index is 1.41. The molecule has 4 heterocycles. The first-order valence-corrected chi connectivity index (χ1v) is 9.35. The third kappa shape index (κ3) is 3.97. The van der Waals surface area contributed by atoms with Crippen LogP contribution in [0.1, 0.15) is 31.5 Å². The van der Waals surface area contributed by atoms with E-state index in [1.54, 1.807) is 11.0 Å². The van der Waals surface area contributed by atoms with Gasteiger partial charge in [-0.2, -0.15) is 17.7 Å². The quantitative estimate of drug-likeness (QED) is 0.702. The number of amides is 1. The molecule has 2 aliphatic heterocycles. The second kappa shape index (κ2) is 7.06. The molecule has 1 amide bonds. The maximum Gasteiger partial charge on any atom is 0.453 e. The second-order valence-electron chi connectivity index (χ2n) is 7.43. The van der Waals surface area contributed by atoms with Gasteiger partial charge >= 0.3 is 6.18 Å². The molecular formula is C17H19F5N6O. The summed E-state index contributed by atoms with van der Waals surface area (Å²) in [5.74, 6) is -3.96. The number of rotatable bonds is 2. The van der Waals surface area contributed by atoms with Gasteiger partial charge in [0.2, 0.25) is 5.91 Å². The molecule has 0 spiro atoms. The maximum atomic E-state index is 13.3. The number of fused-ring (bicyclic) bond motifs is 1. The monoisotopic (exact) mass is 418 g/mol. The molecule has 0 aromatic carbocycles. The lowest BCUT2D eigenvalue weighted by molar-refractivity contribution is -0.146. The number of aromatic nitrogens is 4. The minimum Gasteiger partial charge on any atom is -0.355 e. The summed E-state index contributed by atoms with van der Waals surface area (Å²) in [7, 11) is 0. The van der Waals surface area contributed by atoms with E-state index in [2.05, 4.69) is 15.3 Å². The Morgan fingerprint density at radius 1 is 1.03 bits per heavy atom. The van der Waals surface area contributed by atoms with Crippen molar-refractivity contribution >= 4 is 17.4 Å². The number of halogens is 5. The Kier molecular flexibility index (Phi) is 4.82. The van der Waals surface area contributed by atoms with E-state index >= 15 is 0 Å². The number of likely N-dealkylation sites (tertiary alicyclic amines) is 1. The van der Waals surface area contributed by atoms with E-state index in [4.69, 9.17) is 0 Å². The number of anilines is 1. The zero-order chi connectivity index (χ0) is 20.8. The molecule has 2 saturated heterocycles. The van der Waals surface area contributed by atoms with Crippen molar-refractivity contribution in [3.63, 3.8) is 0 Å². The lowest BCUT2D eigenvalue weighted by atomic mass is 9.94. The van der Waals surface area contributed by atoms with Crippen LogP contribution >= 0.6 is 0 Å². The highest BCUT2D eigenvalue weighted by Gasteiger charge is 2.39. The molecule has 158 valence electrons. The van der Waals surface area contributed by atoms with Crippen LogP contribution in [0, 0.1) is 5.92 Å². The topological polar surface area (TPSA) is 66.6 Å². The molecule has 2 aromatic rings. The molecule has 0 saturated carbocycles. The lowest BCUT2D eigenvalue weighted by Gasteiger charge is -2.37. The minimum atomic E-state index is -4.67. The van der Waals surface area contributed by atoms with Crippen LogP contribution in [0.4, 0.5) is 27.8 Å². The van der Waals surface area contributed by atoms with Gasteiger partial charge in [0.25, 0.3) is 11.7 Å². The molecule has 12 heteroatoms. The summed E-state index contributed by atoms with van der Waals surface area (Å²) in [4.78, 5) is 15.9. The molecule has 2 aromatic heterocycles. The van der Waals surface area contributed by atoms with Gasteiger partial charge in [-0.15, -0.1) is 15.3 Å². The van der Waals surface area contributed by atoms with Crippen LogP contribution in [0.15, 0.2) is 12.1 Å². The zero-order valence-electron chi connectivity index (χ0n) is 15.4. The normalized spacial score (nSPS) is 21.0. The van der Waals surface area contributed by atoms with E-state index in [1.807, 2.05) is 0 Å². The average molecular weight is 418 g/mol. The first-order valence-electron chi connectivity index (χ1n) is 9.35. The van der Waals surface area contributed by atoms with Crippen LogP contribution in [0.25, 0.3) is 5.65 Å². The first-order chi connectivity index (χ1) is 13.6. The number of carbonyl (C=O) groups is 1. The maximum absolute atomic E-state index is 13.3. The molecule has 7 nitrogen and oxygen atoms in total.